The van der Waals surface area contributed by atoms with Crippen molar-refractivity contribution in [3.05, 3.63) is 7.43 Å². The van der Waals surface area contributed by atoms with Crippen molar-refractivity contribution in [2.45, 2.75) is 0 Å². The molecule has 0 saturated carbocycles. The van der Waals surface area contributed by atoms with E-state index in [2.05, 4.69) is 0 Å². The first-order valence-electron chi connectivity index (χ1n) is 0.258. The molecule has 31 valence electrons. The zero-order valence-electron chi connectivity index (χ0n) is 3.76. The van der Waals surface area contributed by atoms with Crippen LogP contribution < -0.4 is 0 Å². The minimum absolute atomic E-state index is 0. The van der Waals surface area contributed by atoms with Gasteiger partial charge < -0.3 is 12.3 Å². The zero-order valence-corrected chi connectivity index (χ0v) is 13.4. The van der Waals surface area contributed by atoms with E-state index >= 15 is 0 Å². The van der Waals surface area contributed by atoms with Crippen molar-refractivity contribution in [3.63, 3.8) is 0 Å². The molecule has 3 radical (unpaired) electrons. The molecule has 0 aromatic rings. The van der Waals surface area contributed by atoms with Crippen molar-refractivity contribution in [1.29, 1.82) is 0 Å². The van der Waals surface area contributed by atoms with E-state index in [0.29, 0.717) is 0 Å². The summed E-state index contributed by atoms with van der Waals surface area (Å²) >= 11 is 0. The fraction of sp³-hybridized carbons (Fsp3) is 0. The topological polar surface area (TPSA) is 20.2 Å². The van der Waals surface area contributed by atoms with Gasteiger partial charge in [-0.2, -0.15) is 0 Å². The Balaban J connectivity index is -0.000000000833. The molecule has 0 aliphatic heterocycles. The molecule has 0 aliphatic rings. The molecule has 0 bridgehead atoms. The molecular weight excluding hydrogens is 326 g/mol. The van der Waals surface area contributed by atoms with Crippen molar-refractivity contribution in [2.75, 3.05) is 0 Å². The van der Waals surface area contributed by atoms with E-state index in [1.807, 2.05) is 0 Å². The van der Waals surface area contributed by atoms with Gasteiger partial charge in [-0.3, -0.25) is 0 Å². The van der Waals surface area contributed by atoms with E-state index in [0.717, 1.165) is 0 Å². The predicted molar refractivity (Wildman–Crippen MR) is 18.3 cm³/mol. The molecule has 1 unspecified atom stereocenters. The fourth-order valence-electron chi connectivity index (χ4n) is 0. The van der Waals surface area contributed by atoms with Crippen LogP contribution in [0.2, 0.25) is 0 Å². The molecule has 6 heavy (non-hydrogen) atoms. The van der Waals surface area contributed by atoms with Gasteiger partial charge in [-0.25, -0.2) is 0 Å². The van der Waals surface area contributed by atoms with E-state index in [4.69, 9.17) is 4.89 Å². The minimum atomic E-state index is 0. The van der Waals surface area contributed by atoms with Crippen molar-refractivity contribution < 1.29 is 103 Å². The summed E-state index contributed by atoms with van der Waals surface area (Å²) in [5, 5.41) is 0. The monoisotopic (exact) mass is 332 g/mol. The summed E-state index contributed by atoms with van der Waals surface area (Å²) in [5.74, 6) is 0. The Morgan fingerprint density at radius 1 is 0.833 bits per heavy atom. The average molecular weight is 332 g/mol. The smallest absolute Gasteiger partial charge is 0 e. The number of hydrogen-bond acceptors (Lipinski definition) is 1. The van der Waals surface area contributed by atoms with Crippen LogP contribution in [0.25, 0.3) is 0 Å². The summed E-state index contributed by atoms with van der Waals surface area (Å²) in [7, 11) is 1.42. The third-order valence-corrected chi connectivity index (χ3v) is 0. The summed E-state index contributed by atoms with van der Waals surface area (Å²) in [4.78, 5) is 6.92. The Labute approximate surface area is 117 Å². The quantitative estimate of drug-likeness (QED) is 0.497. The Kier molecular flexibility index (Phi) is 209. The number of rotatable bonds is 0. The van der Waals surface area contributed by atoms with Gasteiger partial charge in [0, 0.05) is 98.1 Å². The first-order chi connectivity index (χ1) is 1.00. The summed E-state index contributed by atoms with van der Waals surface area (Å²) in [6, 6.07) is 0. The molecule has 0 heterocycles. The van der Waals surface area contributed by atoms with E-state index in [1.54, 1.807) is 0 Å². The van der Waals surface area contributed by atoms with Gasteiger partial charge >= 0.3 is 0 Å². The van der Waals surface area contributed by atoms with Crippen LogP contribution in [0.4, 0.5) is 0 Å². The van der Waals surface area contributed by atoms with Crippen LogP contribution in [-0.4, -0.2) is 4.89 Å². The van der Waals surface area contributed by atoms with Crippen LogP contribution in [0.1, 0.15) is 0 Å². The normalized spacial score (nSPS) is 1.00. The van der Waals surface area contributed by atoms with E-state index in [-0.39, 0.29) is 106 Å². The largest absolute Gasteiger partial charge is 0.380 e. The van der Waals surface area contributed by atoms with Gasteiger partial charge in [-0.1, -0.05) is 0 Å². The van der Waals surface area contributed by atoms with Crippen molar-refractivity contribution in [2.24, 2.45) is 0 Å². The molecule has 0 rings (SSSR count). The SMILES string of the molecule is OP.[CH3-].[Y].[Y].[Y]. The van der Waals surface area contributed by atoms with E-state index in [1.165, 1.54) is 9.47 Å². The molecule has 1 N–H and O–H groups in total. The second-order valence-corrected chi connectivity index (χ2v) is 0. The molecule has 1 nitrogen and oxygen atoms in total. The van der Waals surface area contributed by atoms with E-state index < -0.39 is 0 Å². The Hall–Kier alpha value is 3.70. The minimum Gasteiger partial charge on any atom is -0.380 e. The van der Waals surface area contributed by atoms with Crippen LogP contribution in [0.3, 0.4) is 0 Å². The molecule has 0 amide bonds. The van der Waals surface area contributed by atoms with Crippen LogP contribution >= 0.6 is 9.47 Å². The summed E-state index contributed by atoms with van der Waals surface area (Å²) in [6.45, 7) is 0. The van der Waals surface area contributed by atoms with Crippen LogP contribution in [-0.2, 0) is 98.1 Å². The molecule has 0 aromatic carbocycles. The molecule has 0 fully saturated rings. The third kappa shape index (κ3) is 25.2. The first kappa shape index (κ1) is 33.2. The summed E-state index contributed by atoms with van der Waals surface area (Å²) < 4.78 is 0. The van der Waals surface area contributed by atoms with Gasteiger partial charge in [0.2, 0.25) is 0 Å². The van der Waals surface area contributed by atoms with Crippen LogP contribution in [0, 0.1) is 7.43 Å². The summed E-state index contributed by atoms with van der Waals surface area (Å²) in [5.41, 5.74) is 0. The van der Waals surface area contributed by atoms with Gasteiger partial charge in [0.1, 0.15) is 0 Å². The second-order valence-electron chi connectivity index (χ2n) is 0. The average Bonchev–Trinajstić information content (AvgIpc) is 1.00. The fourth-order valence-corrected chi connectivity index (χ4v) is 0. The molecule has 0 spiro atoms. The maximum absolute atomic E-state index is 6.92. The van der Waals surface area contributed by atoms with Gasteiger partial charge in [0.25, 0.3) is 0 Å². The van der Waals surface area contributed by atoms with Gasteiger partial charge in [-0.05, 0) is 9.47 Å². The van der Waals surface area contributed by atoms with Crippen molar-refractivity contribution in [3.8, 4) is 0 Å². The van der Waals surface area contributed by atoms with E-state index in [9.17, 15) is 0 Å². The first-order valence-corrected chi connectivity index (χ1v) is 0.775. The summed E-state index contributed by atoms with van der Waals surface area (Å²) in [6.07, 6.45) is 0. The maximum atomic E-state index is 6.92. The molecule has 0 aliphatic carbocycles. The van der Waals surface area contributed by atoms with Gasteiger partial charge in [-0.15, -0.1) is 0 Å². The molecule has 0 aromatic heterocycles. The van der Waals surface area contributed by atoms with Gasteiger partial charge in [0.15, 0.2) is 0 Å². The standard InChI is InChI=1S/CH3.H3OP.3Y/c;1-2;;;/h1H3;1H,2H2;;;/q-1;;;;. The molecule has 5 heteroatoms. The number of hydrogen-bond donors (Lipinski definition) is 1. The Bertz CT molecular complexity index is 10.8. The van der Waals surface area contributed by atoms with Crippen molar-refractivity contribution in [1.82, 2.24) is 0 Å². The Morgan fingerprint density at radius 2 is 0.833 bits per heavy atom. The second kappa shape index (κ2) is 37.7. The third-order valence-electron chi connectivity index (χ3n) is 0. The van der Waals surface area contributed by atoms with Gasteiger partial charge in [0.05, 0.1) is 0 Å². The van der Waals surface area contributed by atoms with Crippen LogP contribution in [0.15, 0.2) is 0 Å². The Morgan fingerprint density at radius 3 is 0.833 bits per heavy atom. The predicted octanol–water partition coefficient (Wildman–Crippen LogP) is 0.212. The maximum Gasteiger partial charge on any atom is 0 e. The zero-order chi connectivity index (χ0) is 2.00. The molecular formula is CH6OPY3-. The molecule has 0 saturated heterocycles. The van der Waals surface area contributed by atoms with Crippen molar-refractivity contribution >= 4 is 9.47 Å². The molecule has 1 atom stereocenters. The van der Waals surface area contributed by atoms with Crippen LogP contribution in [0.5, 0.6) is 0 Å².